The van der Waals surface area contributed by atoms with Crippen LogP contribution in [0.1, 0.15) is 32.1 Å². The molecule has 0 spiro atoms. The summed E-state index contributed by atoms with van der Waals surface area (Å²) in [4.78, 5) is 24.2. The number of fused-ring (bicyclic) bond motifs is 1. The van der Waals surface area contributed by atoms with Crippen LogP contribution in [0.5, 0.6) is 0 Å². The fourth-order valence-corrected chi connectivity index (χ4v) is 3.98. The van der Waals surface area contributed by atoms with Gasteiger partial charge in [0.1, 0.15) is 0 Å². The summed E-state index contributed by atoms with van der Waals surface area (Å²) in [6.07, 6.45) is 4.36. The summed E-state index contributed by atoms with van der Waals surface area (Å²) in [6.45, 7) is 0. The van der Waals surface area contributed by atoms with Crippen LogP contribution in [0.3, 0.4) is 0 Å². The zero-order chi connectivity index (χ0) is 16.4. The molecule has 1 heterocycles. The van der Waals surface area contributed by atoms with E-state index in [1.165, 1.54) is 0 Å². The zero-order valence-electron chi connectivity index (χ0n) is 12.6. The van der Waals surface area contributed by atoms with Gasteiger partial charge in [-0.15, -0.1) is 0 Å². The highest BCUT2D eigenvalue weighted by Crippen LogP contribution is 2.35. The van der Waals surface area contributed by atoms with E-state index in [2.05, 4.69) is 16.2 Å². The van der Waals surface area contributed by atoms with Gasteiger partial charge in [0.2, 0.25) is 11.8 Å². The smallest absolute Gasteiger partial charge is 0.237 e. The van der Waals surface area contributed by atoms with Crippen LogP contribution >= 0.6 is 23.2 Å². The van der Waals surface area contributed by atoms with Crippen molar-refractivity contribution in [2.24, 2.45) is 11.8 Å². The third kappa shape index (κ3) is 3.79. The van der Waals surface area contributed by atoms with Gasteiger partial charge in [-0.1, -0.05) is 36.0 Å². The summed E-state index contributed by atoms with van der Waals surface area (Å²) in [5.41, 5.74) is 6.24. The largest absolute Gasteiger partial charge is 0.325 e. The fourth-order valence-electron chi connectivity index (χ4n) is 3.52. The van der Waals surface area contributed by atoms with Gasteiger partial charge in [-0.05, 0) is 37.0 Å². The van der Waals surface area contributed by atoms with Crippen molar-refractivity contribution in [3.63, 3.8) is 0 Å². The second kappa shape index (κ2) is 7.07. The molecule has 2 amide bonds. The molecule has 1 aliphatic carbocycles. The van der Waals surface area contributed by atoms with E-state index in [4.69, 9.17) is 23.2 Å². The maximum atomic E-state index is 12.3. The number of benzene rings is 1. The van der Waals surface area contributed by atoms with Crippen LogP contribution in [0.15, 0.2) is 18.2 Å². The molecule has 1 aromatic rings. The SMILES string of the molecule is O=C(CC1NNC(=O)C2CCCCC12)Nc1ccc(Cl)cc1Cl. The van der Waals surface area contributed by atoms with E-state index >= 15 is 0 Å². The molecule has 3 atom stereocenters. The van der Waals surface area contributed by atoms with Crippen LogP contribution in [0, 0.1) is 11.8 Å². The third-order valence-corrected chi connectivity index (χ3v) is 5.21. The van der Waals surface area contributed by atoms with Crippen LogP contribution in [0.2, 0.25) is 10.0 Å². The maximum Gasteiger partial charge on any atom is 0.237 e. The van der Waals surface area contributed by atoms with E-state index in [0.717, 1.165) is 25.7 Å². The van der Waals surface area contributed by atoms with Crippen LogP contribution in [-0.2, 0) is 9.59 Å². The van der Waals surface area contributed by atoms with Gasteiger partial charge in [0, 0.05) is 23.4 Å². The molecule has 2 aliphatic rings. The molecule has 0 bridgehead atoms. The Morgan fingerprint density at radius 3 is 2.83 bits per heavy atom. The van der Waals surface area contributed by atoms with Crippen molar-refractivity contribution in [1.29, 1.82) is 0 Å². The summed E-state index contributed by atoms with van der Waals surface area (Å²) >= 11 is 11.9. The maximum absolute atomic E-state index is 12.3. The quantitative estimate of drug-likeness (QED) is 0.779. The van der Waals surface area contributed by atoms with E-state index in [9.17, 15) is 9.59 Å². The first-order valence-electron chi connectivity index (χ1n) is 7.85. The number of hydrogen-bond donors (Lipinski definition) is 3. The Bertz CT molecular complexity index is 623. The van der Waals surface area contributed by atoms with Gasteiger partial charge < -0.3 is 5.32 Å². The van der Waals surface area contributed by atoms with E-state index in [1.54, 1.807) is 18.2 Å². The zero-order valence-corrected chi connectivity index (χ0v) is 14.1. The van der Waals surface area contributed by atoms with Gasteiger partial charge in [-0.2, -0.15) is 0 Å². The molecule has 23 heavy (non-hydrogen) atoms. The van der Waals surface area contributed by atoms with Gasteiger partial charge in [-0.3, -0.25) is 15.0 Å². The summed E-state index contributed by atoms with van der Waals surface area (Å²) in [7, 11) is 0. The molecule has 0 aromatic heterocycles. The number of carbonyl (C=O) groups excluding carboxylic acids is 2. The van der Waals surface area contributed by atoms with Crippen LogP contribution in [-0.4, -0.2) is 17.9 Å². The Morgan fingerprint density at radius 2 is 2.04 bits per heavy atom. The molecule has 5 nitrogen and oxygen atoms in total. The first kappa shape index (κ1) is 16.6. The van der Waals surface area contributed by atoms with Crippen molar-refractivity contribution in [2.45, 2.75) is 38.1 Å². The molecule has 1 saturated carbocycles. The standard InChI is InChI=1S/C16H19Cl2N3O2/c17-9-5-6-13(12(18)7-9)19-15(22)8-14-10-3-1-2-4-11(10)16(23)21-20-14/h5-7,10-11,14,20H,1-4,8H2,(H,19,22)(H,21,23). The molecule has 3 rings (SSSR count). The molecule has 124 valence electrons. The minimum atomic E-state index is -0.132. The highest BCUT2D eigenvalue weighted by molar-refractivity contribution is 6.36. The van der Waals surface area contributed by atoms with Crippen molar-refractivity contribution in [1.82, 2.24) is 10.9 Å². The normalized spacial score (nSPS) is 27.0. The summed E-state index contributed by atoms with van der Waals surface area (Å²) in [6, 6.07) is 4.90. The van der Waals surface area contributed by atoms with Gasteiger partial charge in [-0.25, -0.2) is 5.43 Å². The van der Waals surface area contributed by atoms with Gasteiger partial charge in [0.15, 0.2) is 0 Å². The van der Waals surface area contributed by atoms with E-state index in [-0.39, 0.29) is 29.7 Å². The minimum Gasteiger partial charge on any atom is -0.325 e. The summed E-state index contributed by atoms with van der Waals surface area (Å²) < 4.78 is 0. The molecule has 1 saturated heterocycles. The number of nitrogens with one attached hydrogen (secondary N) is 3. The van der Waals surface area contributed by atoms with Crippen molar-refractivity contribution < 1.29 is 9.59 Å². The lowest BCUT2D eigenvalue weighted by molar-refractivity contribution is -0.134. The predicted molar refractivity (Wildman–Crippen MR) is 90.2 cm³/mol. The topological polar surface area (TPSA) is 70.2 Å². The Labute approximate surface area is 145 Å². The fraction of sp³-hybridized carbons (Fsp3) is 0.500. The third-order valence-electron chi connectivity index (χ3n) is 4.66. The van der Waals surface area contributed by atoms with Gasteiger partial charge >= 0.3 is 0 Å². The van der Waals surface area contributed by atoms with E-state index < -0.39 is 0 Å². The summed E-state index contributed by atoms with van der Waals surface area (Å²) in [5.74, 6) is 0.144. The van der Waals surface area contributed by atoms with E-state index in [0.29, 0.717) is 22.2 Å². The molecule has 3 N–H and O–H groups in total. The molecule has 1 aromatic carbocycles. The first-order valence-corrected chi connectivity index (χ1v) is 8.60. The van der Waals surface area contributed by atoms with Crippen molar-refractivity contribution in [3.05, 3.63) is 28.2 Å². The average Bonchev–Trinajstić information content (AvgIpc) is 2.53. The molecular formula is C16H19Cl2N3O2. The monoisotopic (exact) mass is 355 g/mol. The van der Waals surface area contributed by atoms with Gasteiger partial charge in [0.05, 0.1) is 10.7 Å². The molecule has 0 radical (unpaired) electrons. The lowest BCUT2D eigenvalue weighted by atomic mass is 9.73. The summed E-state index contributed by atoms with van der Waals surface area (Å²) in [5, 5.41) is 3.74. The number of hydrazine groups is 1. The Balaban J connectivity index is 1.64. The number of halogens is 2. The Hall–Kier alpha value is -1.30. The second-order valence-corrected chi connectivity index (χ2v) is 7.01. The number of amides is 2. The van der Waals surface area contributed by atoms with Crippen LogP contribution in [0.4, 0.5) is 5.69 Å². The molecule has 3 unspecified atom stereocenters. The first-order chi connectivity index (χ1) is 11.0. The number of anilines is 1. The lowest BCUT2D eigenvalue weighted by Gasteiger charge is -2.40. The highest BCUT2D eigenvalue weighted by atomic mass is 35.5. The Morgan fingerprint density at radius 1 is 1.26 bits per heavy atom. The predicted octanol–water partition coefficient (Wildman–Crippen LogP) is 3.13. The molecule has 1 aliphatic heterocycles. The number of rotatable bonds is 3. The molecular weight excluding hydrogens is 337 g/mol. The average molecular weight is 356 g/mol. The van der Waals surface area contributed by atoms with Crippen molar-refractivity contribution >= 4 is 40.7 Å². The highest BCUT2D eigenvalue weighted by Gasteiger charge is 2.40. The van der Waals surface area contributed by atoms with Crippen LogP contribution < -0.4 is 16.2 Å². The van der Waals surface area contributed by atoms with E-state index in [1.807, 2.05) is 0 Å². The van der Waals surface area contributed by atoms with Gasteiger partial charge in [0.25, 0.3) is 0 Å². The Kier molecular flexibility index (Phi) is 5.09. The van der Waals surface area contributed by atoms with Crippen molar-refractivity contribution in [3.8, 4) is 0 Å². The molecule has 7 heteroatoms. The van der Waals surface area contributed by atoms with Crippen molar-refractivity contribution in [2.75, 3.05) is 5.32 Å². The molecule has 2 fully saturated rings. The number of hydrogen-bond acceptors (Lipinski definition) is 3. The van der Waals surface area contributed by atoms with Crippen LogP contribution in [0.25, 0.3) is 0 Å². The number of carbonyl (C=O) groups is 2. The second-order valence-electron chi connectivity index (χ2n) is 6.17. The lowest BCUT2D eigenvalue weighted by Crippen LogP contribution is -2.60. The minimum absolute atomic E-state index is 0.0157.